The summed E-state index contributed by atoms with van der Waals surface area (Å²) in [6.07, 6.45) is -0.521. The Labute approximate surface area is 120 Å². The van der Waals surface area contributed by atoms with Gasteiger partial charge in [0.1, 0.15) is 12.2 Å². The van der Waals surface area contributed by atoms with Crippen LogP contribution < -0.4 is 10.1 Å². The van der Waals surface area contributed by atoms with Gasteiger partial charge in [-0.3, -0.25) is 0 Å². The summed E-state index contributed by atoms with van der Waals surface area (Å²) in [5, 5.41) is 2.52. The van der Waals surface area contributed by atoms with Gasteiger partial charge in [0, 0.05) is 4.47 Å². The van der Waals surface area contributed by atoms with Crippen molar-refractivity contribution < 1.29 is 18.7 Å². The van der Waals surface area contributed by atoms with Gasteiger partial charge in [-0.15, -0.1) is 0 Å². The standard InChI is InChI=1S/C13H17BrFNO3/c1-13(2,3)19-12(17)16-6-7-18-11-5-4-9(14)8-10(11)15/h4-5,8H,6-7H2,1-3H3,(H,16,17). The quantitative estimate of drug-likeness (QED) is 0.858. The molecule has 1 N–H and O–H groups in total. The summed E-state index contributed by atoms with van der Waals surface area (Å²) >= 11 is 3.16. The Morgan fingerprint density at radius 1 is 1.42 bits per heavy atom. The molecule has 0 aliphatic heterocycles. The molecular formula is C13H17BrFNO3. The minimum absolute atomic E-state index is 0.147. The lowest BCUT2D eigenvalue weighted by Gasteiger charge is -2.19. The van der Waals surface area contributed by atoms with Crippen LogP contribution in [0.3, 0.4) is 0 Å². The third-order valence-electron chi connectivity index (χ3n) is 1.92. The number of carbonyl (C=O) groups excluding carboxylic acids is 1. The lowest BCUT2D eigenvalue weighted by molar-refractivity contribution is 0.0520. The third kappa shape index (κ3) is 6.42. The van der Waals surface area contributed by atoms with E-state index in [1.165, 1.54) is 12.1 Å². The van der Waals surface area contributed by atoms with Crippen LogP contribution in [-0.2, 0) is 4.74 Å². The second kappa shape index (κ2) is 6.75. The van der Waals surface area contributed by atoms with Gasteiger partial charge in [0.05, 0.1) is 6.54 Å². The molecule has 0 aliphatic rings. The first-order valence-corrected chi connectivity index (χ1v) is 6.62. The maximum Gasteiger partial charge on any atom is 0.407 e. The predicted molar refractivity (Wildman–Crippen MR) is 73.8 cm³/mol. The first-order valence-electron chi connectivity index (χ1n) is 5.82. The molecule has 0 spiro atoms. The molecule has 1 amide bonds. The van der Waals surface area contributed by atoms with Gasteiger partial charge in [-0.25, -0.2) is 9.18 Å². The number of benzene rings is 1. The molecule has 4 nitrogen and oxygen atoms in total. The molecule has 0 aromatic heterocycles. The summed E-state index contributed by atoms with van der Waals surface area (Å²) in [6.45, 7) is 5.74. The molecule has 0 aliphatic carbocycles. The number of halogens is 2. The number of hydrogen-bond donors (Lipinski definition) is 1. The van der Waals surface area contributed by atoms with Crippen LogP contribution in [0.1, 0.15) is 20.8 Å². The molecule has 0 atom stereocenters. The zero-order chi connectivity index (χ0) is 14.5. The van der Waals surface area contributed by atoms with Crippen LogP contribution in [0.5, 0.6) is 5.75 Å². The Bertz CT molecular complexity index is 446. The first kappa shape index (κ1) is 15.8. The number of nitrogens with one attached hydrogen (secondary N) is 1. The molecule has 0 saturated carbocycles. The van der Waals surface area contributed by atoms with E-state index >= 15 is 0 Å². The summed E-state index contributed by atoms with van der Waals surface area (Å²) in [4.78, 5) is 11.3. The van der Waals surface area contributed by atoms with Gasteiger partial charge in [-0.2, -0.15) is 0 Å². The molecule has 0 saturated heterocycles. The van der Waals surface area contributed by atoms with Crippen molar-refractivity contribution in [2.75, 3.05) is 13.2 Å². The van der Waals surface area contributed by atoms with Crippen LogP contribution in [0.2, 0.25) is 0 Å². The minimum atomic E-state index is -0.539. The third-order valence-corrected chi connectivity index (χ3v) is 2.42. The zero-order valence-electron chi connectivity index (χ0n) is 11.1. The number of hydrogen-bond acceptors (Lipinski definition) is 3. The number of alkyl carbamates (subject to hydrolysis) is 1. The number of carbonyl (C=O) groups is 1. The lowest BCUT2D eigenvalue weighted by atomic mass is 10.2. The van der Waals surface area contributed by atoms with Gasteiger partial charge >= 0.3 is 6.09 Å². The van der Waals surface area contributed by atoms with E-state index in [9.17, 15) is 9.18 Å². The van der Waals surface area contributed by atoms with Gasteiger partial charge in [0.2, 0.25) is 0 Å². The zero-order valence-corrected chi connectivity index (χ0v) is 12.7. The predicted octanol–water partition coefficient (Wildman–Crippen LogP) is 3.49. The van der Waals surface area contributed by atoms with Crippen LogP contribution in [-0.4, -0.2) is 24.8 Å². The largest absolute Gasteiger partial charge is 0.489 e. The van der Waals surface area contributed by atoms with Crippen molar-refractivity contribution in [2.45, 2.75) is 26.4 Å². The summed E-state index contributed by atoms with van der Waals surface area (Å²) in [6, 6.07) is 4.52. The van der Waals surface area contributed by atoms with Crippen LogP contribution in [0, 0.1) is 5.82 Å². The van der Waals surface area contributed by atoms with Gasteiger partial charge in [0.15, 0.2) is 11.6 Å². The van der Waals surface area contributed by atoms with Crippen molar-refractivity contribution in [1.29, 1.82) is 0 Å². The maximum atomic E-state index is 13.4. The van der Waals surface area contributed by atoms with E-state index in [2.05, 4.69) is 21.2 Å². The van der Waals surface area contributed by atoms with Crippen molar-refractivity contribution in [2.24, 2.45) is 0 Å². The Hall–Kier alpha value is -1.30. The molecule has 1 rings (SSSR count). The molecule has 1 aromatic rings. The van der Waals surface area contributed by atoms with Gasteiger partial charge < -0.3 is 14.8 Å². The SMILES string of the molecule is CC(C)(C)OC(=O)NCCOc1ccc(Br)cc1F. The van der Waals surface area contributed by atoms with Crippen molar-refractivity contribution in [3.63, 3.8) is 0 Å². The summed E-state index contributed by atoms with van der Waals surface area (Å²) in [5.74, 6) is -0.305. The van der Waals surface area contributed by atoms with Gasteiger partial charge in [-0.1, -0.05) is 15.9 Å². The first-order chi connectivity index (χ1) is 8.78. The maximum absolute atomic E-state index is 13.4. The molecule has 0 fully saturated rings. The fourth-order valence-corrected chi connectivity index (χ4v) is 1.55. The normalized spacial score (nSPS) is 11.0. The number of rotatable bonds is 4. The highest BCUT2D eigenvalue weighted by molar-refractivity contribution is 9.10. The highest BCUT2D eigenvalue weighted by atomic mass is 79.9. The fourth-order valence-electron chi connectivity index (χ4n) is 1.22. The molecule has 1 aromatic carbocycles. The molecule has 0 heterocycles. The molecule has 0 radical (unpaired) electrons. The van der Waals surface area contributed by atoms with Gasteiger partial charge in [0.25, 0.3) is 0 Å². The van der Waals surface area contributed by atoms with E-state index in [0.717, 1.165) is 0 Å². The summed E-state index contributed by atoms with van der Waals surface area (Å²) in [5.41, 5.74) is -0.539. The molecule has 0 unspecified atom stereocenters. The smallest absolute Gasteiger partial charge is 0.407 e. The van der Waals surface area contributed by atoms with Crippen LogP contribution in [0.25, 0.3) is 0 Å². The second-order valence-corrected chi connectivity index (χ2v) is 5.77. The van der Waals surface area contributed by atoms with Crippen LogP contribution in [0.15, 0.2) is 22.7 Å². The van der Waals surface area contributed by atoms with Crippen molar-refractivity contribution in [3.8, 4) is 5.75 Å². The summed E-state index contributed by atoms with van der Waals surface area (Å²) < 4.78 is 24.3. The molecule has 0 bridgehead atoms. The van der Waals surface area contributed by atoms with Crippen molar-refractivity contribution in [1.82, 2.24) is 5.32 Å². The topological polar surface area (TPSA) is 47.6 Å². The molecule has 19 heavy (non-hydrogen) atoms. The molecule has 106 valence electrons. The molecular weight excluding hydrogens is 317 g/mol. The summed E-state index contributed by atoms with van der Waals surface area (Å²) in [7, 11) is 0. The van der Waals surface area contributed by atoms with Crippen molar-refractivity contribution >= 4 is 22.0 Å². The number of ether oxygens (including phenoxy) is 2. The van der Waals surface area contributed by atoms with Crippen LogP contribution >= 0.6 is 15.9 Å². The highest BCUT2D eigenvalue weighted by Gasteiger charge is 2.15. The van der Waals surface area contributed by atoms with E-state index in [0.29, 0.717) is 4.47 Å². The minimum Gasteiger partial charge on any atom is -0.489 e. The lowest BCUT2D eigenvalue weighted by Crippen LogP contribution is -2.34. The Balaban J connectivity index is 2.29. The van der Waals surface area contributed by atoms with E-state index < -0.39 is 17.5 Å². The van der Waals surface area contributed by atoms with E-state index in [1.54, 1.807) is 26.8 Å². The van der Waals surface area contributed by atoms with Crippen molar-refractivity contribution in [3.05, 3.63) is 28.5 Å². The fraction of sp³-hybridized carbons (Fsp3) is 0.462. The average molecular weight is 334 g/mol. The van der Waals surface area contributed by atoms with Crippen LogP contribution in [0.4, 0.5) is 9.18 Å². The monoisotopic (exact) mass is 333 g/mol. The second-order valence-electron chi connectivity index (χ2n) is 4.85. The van der Waals surface area contributed by atoms with E-state index in [1.807, 2.05) is 0 Å². The Kier molecular flexibility index (Phi) is 5.60. The Morgan fingerprint density at radius 3 is 2.68 bits per heavy atom. The molecule has 6 heteroatoms. The number of amides is 1. The van der Waals surface area contributed by atoms with E-state index in [4.69, 9.17) is 9.47 Å². The van der Waals surface area contributed by atoms with Gasteiger partial charge in [-0.05, 0) is 39.0 Å². The highest BCUT2D eigenvalue weighted by Crippen LogP contribution is 2.21. The van der Waals surface area contributed by atoms with E-state index in [-0.39, 0.29) is 18.9 Å². The average Bonchev–Trinajstić information content (AvgIpc) is 2.24. The Morgan fingerprint density at radius 2 is 2.11 bits per heavy atom.